The van der Waals surface area contributed by atoms with Gasteiger partial charge in [0, 0.05) is 31.0 Å². The van der Waals surface area contributed by atoms with Gasteiger partial charge in [-0.2, -0.15) is 10.5 Å². The van der Waals surface area contributed by atoms with Crippen LogP contribution in [0.1, 0.15) is 36.7 Å². The molecule has 0 spiro atoms. The van der Waals surface area contributed by atoms with Crippen molar-refractivity contribution < 1.29 is 0 Å². The second-order valence-corrected chi connectivity index (χ2v) is 5.39. The molecule has 1 aromatic heterocycles. The molecule has 1 aliphatic heterocycles. The lowest BCUT2D eigenvalue weighted by molar-refractivity contribution is 0.149. The first-order chi connectivity index (χ1) is 8.56. The van der Waals surface area contributed by atoms with E-state index in [-0.39, 0.29) is 5.41 Å². The number of piperidine rings is 1. The third-order valence-electron chi connectivity index (χ3n) is 3.81. The van der Waals surface area contributed by atoms with Crippen LogP contribution in [0.2, 0.25) is 0 Å². The highest BCUT2D eigenvalue weighted by Gasteiger charge is 2.29. The van der Waals surface area contributed by atoms with Gasteiger partial charge < -0.3 is 4.98 Å². The van der Waals surface area contributed by atoms with E-state index in [9.17, 15) is 0 Å². The van der Waals surface area contributed by atoms with Crippen molar-refractivity contribution in [2.45, 2.75) is 33.2 Å². The Labute approximate surface area is 108 Å². The van der Waals surface area contributed by atoms with Gasteiger partial charge in [0.2, 0.25) is 0 Å². The average Bonchev–Trinajstić information content (AvgIpc) is 2.73. The van der Waals surface area contributed by atoms with E-state index < -0.39 is 0 Å². The summed E-state index contributed by atoms with van der Waals surface area (Å²) in [5.41, 5.74) is 2.60. The number of hydrogen-bond acceptors (Lipinski definition) is 3. The molecule has 0 atom stereocenters. The van der Waals surface area contributed by atoms with Crippen LogP contribution < -0.4 is 0 Å². The lowest BCUT2D eigenvalue weighted by Gasteiger charge is -2.34. The summed E-state index contributed by atoms with van der Waals surface area (Å²) in [4.78, 5) is 5.59. The summed E-state index contributed by atoms with van der Waals surface area (Å²) < 4.78 is 0. The monoisotopic (exact) mass is 242 g/mol. The highest BCUT2D eigenvalue weighted by atomic mass is 15.1. The summed E-state index contributed by atoms with van der Waals surface area (Å²) in [5.74, 6) is 0. The van der Waals surface area contributed by atoms with E-state index in [1.807, 2.05) is 19.9 Å². The molecule has 4 heteroatoms. The molecule has 1 saturated heterocycles. The Hall–Kier alpha value is -1.78. The number of likely N-dealkylation sites (tertiary alicyclic amines) is 1. The number of H-pyrrole nitrogens is 1. The van der Waals surface area contributed by atoms with Crippen molar-refractivity contribution in [1.82, 2.24) is 9.88 Å². The van der Waals surface area contributed by atoms with Gasteiger partial charge in [0.05, 0.1) is 17.0 Å². The molecule has 0 unspecified atom stereocenters. The number of nitrogens with zero attached hydrogens (tertiary/aromatic N) is 3. The predicted molar refractivity (Wildman–Crippen MR) is 68.5 cm³/mol. The molecule has 4 nitrogen and oxygen atoms in total. The van der Waals surface area contributed by atoms with E-state index in [4.69, 9.17) is 10.5 Å². The highest BCUT2D eigenvalue weighted by molar-refractivity contribution is 5.35. The average molecular weight is 242 g/mol. The van der Waals surface area contributed by atoms with Crippen LogP contribution in [0.4, 0.5) is 0 Å². The number of rotatable bonds is 2. The van der Waals surface area contributed by atoms with Crippen molar-refractivity contribution in [3.05, 3.63) is 23.0 Å². The Morgan fingerprint density at radius 1 is 1.39 bits per heavy atom. The molecule has 94 valence electrons. The second kappa shape index (κ2) is 4.84. The maximum atomic E-state index is 9.09. The molecular weight excluding hydrogens is 224 g/mol. The fourth-order valence-electron chi connectivity index (χ4n) is 2.39. The normalized spacial score (nSPS) is 19.1. The molecular formula is C14H18N4. The van der Waals surface area contributed by atoms with Crippen molar-refractivity contribution in [3.8, 4) is 12.1 Å². The molecule has 1 N–H and O–H groups in total. The van der Waals surface area contributed by atoms with Crippen LogP contribution in [0.5, 0.6) is 0 Å². The van der Waals surface area contributed by atoms with Crippen LogP contribution >= 0.6 is 0 Å². The van der Waals surface area contributed by atoms with Crippen molar-refractivity contribution >= 4 is 0 Å². The van der Waals surface area contributed by atoms with Crippen LogP contribution in [-0.2, 0) is 6.54 Å². The van der Waals surface area contributed by atoms with E-state index in [1.54, 1.807) is 0 Å². The van der Waals surface area contributed by atoms with Gasteiger partial charge in [-0.1, -0.05) is 0 Å². The van der Waals surface area contributed by atoms with Gasteiger partial charge in [0.1, 0.15) is 6.07 Å². The minimum absolute atomic E-state index is 0.153. The van der Waals surface area contributed by atoms with E-state index in [1.165, 1.54) is 0 Å². The summed E-state index contributed by atoms with van der Waals surface area (Å²) in [5, 5.41) is 18.0. The summed E-state index contributed by atoms with van der Waals surface area (Å²) in [6.07, 6.45) is 1.85. The lowest BCUT2D eigenvalue weighted by atomic mass is 9.82. The van der Waals surface area contributed by atoms with Gasteiger partial charge >= 0.3 is 0 Å². The minimum atomic E-state index is -0.153. The maximum Gasteiger partial charge on any atom is 0.101 e. The van der Waals surface area contributed by atoms with E-state index in [0.717, 1.165) is 49.4 Å². The Balaban J connectivity index is 1.96. The van der Waals surface area contributed by atoms with Gasteiger partial charge in [-0.3, -0.25) is 4.90 Å². The molecule has 0 bridgehead atoms. The highest BCUT2D eigenvalue weighted by Crippen LogP contribution is 2.30. The predicted octanol–water partition coefficient (Wildman–Crippen LogP) is 2.32. The standard InChI is InChI=1S/C14H18N4/c1-11-12(8-15)7-13(17-11)9-18-5-3-14(2,10-16)4-6-18/h7,17H,3-6,9H2,1-2H3. The molecule has 1 aliphatic rings. The van der Waals surface area contributed by atoms with Crippen LogP contribution in [0.3, 0.4) is 0 Å². The Morgan fingerprint density at radius 2 is 2.06 bits per heavy atom. The van der Waals surface area contributed by atoms with E-state index in [0.29, 0.717) is 0 Å². The zero-order valence-electron chi connectivity index (χ0n) is 11.0. The smallest absolute Gasteiger partial charge is 0.101 e. The summed E-state index contributed by atoms with van der Waals surface area (Å²) in [6.45, 7) is 6.69. The Bertz CT molecular complexity index is 507. The number of aromatic nitrogens is 1. The molecule has 0 saturated carbocycles. The van der Waals surface area contributed by atoms with Crippen LogP contribution in [-0.4, -0.2) is 23.0 Å². The first-order valence-electron chi connectivity index (χ1n) is 6.28. The zero-order valence-corrected chi connectivity index (χ0v) is 11.0. The zero-order chi connectivity index (χ0) is 13.2. The van der Waals surface area contributed by atoms with Gasteiger partial charge in [-0.25, -0.2) is 0 Å². The SMILES string of the molecule is Cc1[nH]c(CN2CCC(C)(C#N)CC2)cc1C#N. The van der Waals surface area contributed by atoms with Crippen molar-refractivity contribution in [2.75, 3.05) is 13.1 Å². The molecule has 1 fully saturated rings. The van der Waals surface area contributed by atoms with E-state index >= 15 is 0 Å². The molecule has 1 aromatic rings. The van der Waals surface area contributed by atoms with Crippen molar-refractivity contribution in [2.24, 2.45) is 5.41 Å². The fourth-order valence-corrected chi connectivity index (χ4v) is 2.39. The third-order valence-corrected chi connectivity index (χ3v) is 3.81. The largest absolute Gasteiger partial charge is 0.360 e. The number of aryl methyl sites for hydroxylation is 1. The first-order valence-corrected chi connectivity index (χ1v) is 6.28. The molecule has 2 rings (SSSR count). The maximum absolute atomic E-state index is 9.09. The van der Waals surface area contributed by atoms with Gasteiger partial charge in [0.25, 0.3) is 0 Å². The minimum Gasteiger partial charge on any atom is -0.360 e. The number of nitrogens with one attached hydrogen (secondary N) is 1. The van der Waals surface area contributed by atoms with Crippen molar-refractivity contribution in [3.63, 3.8) is 0 Å². The van der Waals surface area contributed by atoms with Gasteiger partial charge in [0.15, 0.2) is 0 Å². The fraction of sp³-hybridized carbons (Fsp3) is 0.571. The number of nitriles is 2. The van der Waals surface area contributed by atoms with Crippen LogP contribution in [0.25, 0.3) is 0 Å². The third kappa shape index (κ3) is 2.55. The molecule has 0 aromatic carbocycles. The molecule has 18 heavy (non-hydrogen) atoms. The van der Waals surface area contributed by atoms with Gasteiger partial charge in [-0.15, -0.1) is 0 Å². The quantitative estimate of drug-likeness (QED) is 0.865. The summed E-state index contributed by atoms with van der Waals surface area (Å²) >= 11 is 0. The summed E-state index contributed by atoms with van der Waals surface area (Å²) in [6, 6.07) is 6.52. The number of aromatic amines is 1. The van der Waals surface area contributed by atoms with Crippen LogP contribution in [0.15, 0.2) is 6.07 Å². The topological polar surface area (TPSA) is 66.6 Å². The lowest BCUT2D eigenvalue weighted by Crippen LogP contribution is -2.37. The molecule has 0 amide bonds. The molecule has 0 aliphatic carbocycles. The second-order valence-electron chi connectivity index (χ2n) is 5.39. The number of hydrogen-bond donors (Lipinski definition) is 1. The Kier molecular flexibility index (Phi) is 3.41. The summed E-state index contributed by atoms with van der Waals surface area (Å²) in [7, 11) is 0. The van der Waals surface area contributed by atoms with Gasteiger partial charge in [-0.05, 0) is 32.8 Å². The van der Waals surface area contributed by atoms with Crippen LogP contribution in [0, 0.1) is 35.0 Å². The first kappa shape index (κ1) is 12.7. The Morgan fingerprint density at radius 3 is 2.56 bits per heavy atom. The molecule has 2 heterocycles. The molecule has 0 radical (unpaired) electrons. The van der Waals surface area contributed by atoms with Crippen molar-refractivity contribution in [1.29, 1.82) is 10.5 Å². The van der Waals surface area contributed by atoms with E-state index in [2.05, 4.69) is 22.0 Å².